The Morgan fingerprint density at radius 1 is 1.30 bits per heavy atom. The molecule has 2 heterocycles. The molecule has 1 aliphatic heterocycles. The molecule has 2 N–H and O–H groups in total. The first-order chi connectivity index (χ1) is 11.8. The molecule has 0 aromatic carbocycles. The first-order valence-corrected chi connectivity index (χ1v) is 9.95. The van der Waals surface area contributed by atoms with Gasteiger partial charge in [-0.15, -0.1) is 36.2 Å². The number of piperidine rings is 1. The van der Waals surface area contributed by atoms with Crippen molar-refractivity contribution in [1.82, 2.24) is 15.2 Å². The number of carbonyl (C=O) groups is 2. The summed E-state index contributed by atoms with van der Waals surface area (Å²) < 4.78 is 0. The fourth-order valence-corrected chi connectivity index (χ4v) is 3.56. The Hall–Kier alpha value is -0.890. The standard InChI is InChI=1S/C18H30N4O2S.2ClH/c1-5-10-22(14-6-8-19-9-7-14)15(23)11-13-12-25-17(20-13)21-16(24)18(2,3)4;;/h12,14,19H,5-11H2,1-4H3,(H,20,21,24);2*1H. The summed E-state index contributed by atoms with van der Waals surface area (Å²) >= 11 is 1.37. The van der Waals surface area contributed by atoms with Crippen molar-refractivity contribution in [3.05, 3.63) is 11.1 Å². The van der Waals surface area contributed by atoms with Crippen LogP contribution in [0.2, 0.25) is 0 Å². The molecule has 0 radical (unpaired) electrons. The fourth-order valence-electron chi connectivity index (χ4n) is 2.86. The summed E-state index contributed by atoms with van der Waals surface area (Å²) in [6.07, 6.45) is 3.27. The first-order valence-electron chi connectivity index (χ1n) is 9.07. The van der Waals surface area contributed by atoms with Crippen molar-refractivity contribution in [2.24, 2.45) is 5.41 Å². The highest BCUT2D eigenvalue weighted by Crippen LogP contribution is 2.21. The van der Waals surface area contributed by atoms with Gasteiger partial charge in [0.05, 0.1) is 12.1 Å². The Morgan fingerprint density at radius 2 is 1.93 bits per heavy atom. The zero-order valence-electron chi connectivity index (χ0n) is 16.5. The van der Waals surface area contributed by atoms with Crippen LogP contribution in [0.15, 0.2) is 5.38 Å². The molecular formula is C18H32Cl2N4O2S. The van der Waals surface area contributed by atoms with Crippen LogP contribution in [-0.4, -0.2) is 47.4 Å². The van der Waals surface area contributed by atoms with Gasteiger partial charge in [-0.3, -0.25) is 9.59 Å². The van der Waals surface area contributed by atoms with Crippen LogP contribution in [0.25, 0.3) is 0 Å². The third-order valence-corrected chi connectivity index (χ3v) is 5.13. The lowest BCUT2D eigenvalue weighted by molar-refractivity contribution is -0.133. The highest BCUT2D eigenvalue weighted by molar-refractivity contribution is 7.13. The van der Waals surface area contributed by atoms with Crippen LogP contribution >= 0.6 is 36.2 Å². The van der Waals surface area contributed by atoms with E-state index in [4.69, 9.17) is 0 Å². The van der Waals surface area contributed by atoms with Gasteiger partial charge in [0.2, 0.25) is 11.8 Å². The van der Waals surface area contributed by atoms with Gasteiger partial charge in [0, 0.05) is 23.4 Å². The van der Waals surface area contributed by atoms with Gasteiger partial charge in [-0.2, -0.15) is 0 Å². The van der Waals surface area contributed by atoms with Crippen molar-refractivity contribution < 1.29 is 9.59 Å². The smallest absolute Gasteiger partial charge is 0.231 e. The zero-order chi connectivity index (χ0) is 18.4. The van der Waals surface area contributed by atoms with Crippen LogP contribution in [-0.2, 0) is 16.0 Å². The molecule has 1 aliphatic rings. The van der Waals surface area contributed by atoms with Crippen molar-refractivity contribution >= 4 is 53.1 Å². The van der Waals surface area contributed by atoms with Gasteiger partial charge in [0.1, 0.15) is 0 Å². The molecular weight excluding hydrogens is 407 g/mol. The van der Waals surface area contributed by atoms with E-state index in [1.54, 1.807) is 0 Å². The molecule has 1 fully saturated rings. The number of aromatic nitrogens is 1. The van der Waals surface area contributed by atoms with Crippen LogP contribution in [0.3, 0.4) is 0 Å². The second-order valence-electron chi connectivity index (χ2n) is 7.59. The minimum atomic E-state index is -0.464. The maximum Gasteiger partial charge on any atom is 0.231 e. The molecule has 0 saturated carbocycles. The van der Waals surface area contributed by atoms with E-state index in [9.17, 15) is 9.59 Å². The molecule has 6 nitrogen and oxygen atoms in total. The highest BCUT2D eigenvalue weighted by Gasteiger charge is 2.26. The molecule has 0 unspecified atom stereocenters. The van der Waals surface area contributed by atoms with Crippen LogP contribution in [0.1, 0.15) is 52.7 Å². The molecule has 27 heavy (non-hydrogen) atoms. The fraction of sp³-hybridized carbons (Fsp3) is 0.722. The van der Waals surface area contributed by atoms with E-state index in [0.717, 1.165) is 44.6 Å². The summed E-state index contributed by atoms with van der Waals surface area (Å²) in [7, 11) is 0. The van der Waals surface area contributed by atoms with E-state index in [1.165, 1.54) is 11.3 Å². The Bertz CT molecular complexity index is 598. The minimum Gasteiger partial charge on any atom is -0.339 e. The highest BCUT2D eigenvalue weighted by atomic mass is 35.5. The lowest BCUT2D eigenvalue weighted by atomic mass is 9.96. The maximum atomic E-state index is 12.8. The van der Waals surface area contributed by atoms with Crippen molar-refractivity contribution in [2.45, 2.75) is 59.4 Å². The lowest BCUT2D eigenvalue weighted by Gasteiger charge is -2.34. The van der Waals surface area contributed by atoms with Gasteiger partial charge in [-0.1, -0.05) is 27.7 Å². The topological polar surface area (TPSA) is 74.3 Å². The molecule has 156 valence electrons. The SMILES string of the molecule is CCCN(C(=O)Cc1csc(NC(=O)C(C)(C)C)n1)C1CCNCC1.Cl.Cl. The maximum absolute atomic E-state index is 12.8. The van der Waals surface area contributed by atoms with Crippen LogP contribution in [0, 0.1) is 5.41 Å². The Labute approximate surface area is 178 Å². The van der Waals surface area contributed by atoms with Crippen LogP contribution in [0.5, 0.6) is 0 Å². The molecule has 1 saturated heterocycles. The summed E-state index contributed by atoms with van der Waals surface area (Å²) in [6, 6.07) is 0.326. The number of hydrogen-bond acceptors (Lipinski definition) is 5. The van der Waals surface area contributed by atoms with Gasteiger partial charge >= 0.3 is 0 Å². The number of halogens is 2. The molecule has 2 amide bonds. The third kappa shape index (κ3) is 7.94. The number of anilines is 1. The number of hydrogen-bond donors (Lipinski definition) is 2. The van der Waals surface area contributed by atoms with E-state index < -0.39 is 5.41 Å². The molecule has 0 bridgehead atoms. The second kappa shape index (κ2) is 11.8. The largest absolute Gasteiger partial charge is 0.339 e. The van der Waals surface area contributed by atoms with Gasteiger partial charge < -0.3 is 15.5 Å². The van der Waals surface area contributed by atoms with E-state index in [0.29, 0.717) is 17.6 Å². The molecule has 2 rings (SSSR count). The summed E-state index contributed by atoms with van der Waals surface area (Å²) in [5.74, 6) is 0.0646. The minimum absolute atomic E-state index is 0. The number of rotatable bonds is 6. The molecule has 1 aromatic heterocycles. The van der Waals surface area contributed by atoms with Crippen LogP contribution < -0.4 is 10.6 Å². The number of thiazole rings is 1. The van der Waals surface area contributed by atoms with E-state index >= 15 is 0 Å². The molecule has 9 heteroatoms. The predicted octanol–water partition coefficient (Wildman–Crippen LogP) is 3.50. The lowest BCUT2D eigenvalue weighted by Crippen LogP contribution is -2.47. The van der Waals surface area contributed by atoms with Gasteiger partial charge in [-0.05, 0) is 32.4 Å². The average molecular weight is 439 g/mol. The number of carbonyl (C=O) groups excluding carboxylic acids is 2. The van der Waals surface area contributed by atoms with Crippen molar-refractivity contribution in [3.63, 3.8) is 0 Å². The molecule has 1 aromatic rings. The average Bonchev–Trinajstić information content (AvgIpc) is 2.99. The van der Waals surface area contributed by atoms with Crippen molar-refractivity contribution in [1.29, 1.82) is 0 Å². The third-order valence-electron chi connectivity index (χ3n) is 4.32. The summed E-state index contributed by atoms with van der Waals surface area (Å²) in [5, 5.41) is 8.60. The first kappa shape index (κ1) is 26.1. The Morgan fingerprint density at radius 3 is 2.48 bits per heavy atom. The molecule has 0 aliphatic carbocycles. The normalized spacial score (nSPS) is 14.7. The number of amides is 2. The number of nitrogens with zero attached hydrogens (tertiary/aromatic N) is 2. The second-order valence-corrected chi connectivity index (χ2v) is 8.45. The summed E-state index contributed by atoms with van der Waals surface area (Å²) in [4.78, 5) is 31.3. The van der Waals surface area contributed by atoms with Crippen molar-refractivity contribution in [3.8, 4) is 0 Å². The van der Waals surface area contributed by atoms with E-state index in [2.05, 4.69) is 22.5 Å². The van der Waals surface area contributed by atoms with Crippen LogP contribution in [0.4, 0.5) is 5.13 Å². The van der Waals surface area contributed by atoms with Crippen molar-refractivity contribution in [2.75, 3.05) is 25.0 Å². The molecule has 0 atom stereocenters. The summed E-state index contributed by atoms with van der Waals surface area (Å²) in [6.45, 7) is 10.4. The quantitative estimate of drug-likeness (QED) is 0.712. The Kier molecular flexibility index (Phi) is 11.5. The Balaban J connectivity index is 0.00000338. The van der Waals surface area contributed by atoms with E-state index in [-0.39, 0.29) is 36.6 Å². The van der Waals surface area contributed by atoms with Gasteiger partial charge in [0.15, 0.2) is 5.13 Å². The van der Waals surface area contributed by atoms with Gasteiger partial charge in [-0.25, -0.2) is 4.98 Å². The van der Waals surface area contributed by atoms with Gasteiger partial charge in [0.25, 0.3) is 0 Å². The summed E-state index contributed by atoms with van der Waals surface area (Å²) in [5.41, 5.74) is 0.267. The number of nitrogens with one attached hydrogen (secondary N) is 2. The zero-order valence-corrected chi connectivity index (χ0v) is 19.0. The van der Waals surface area contributed by atoms with E-state index in [1.807, 2.05) is 31.1 Å². The monoisotopic (exact) mass is 438 g/mol. The predicted molar refractivity (Wildman–Crippen MR) is 116 cm³/mol. The molecule has 0 spiro atoms.